The van der Waals surface area contributed by atoms with Crippen LogP contribution in [0.5, 0.6) is 0 Å². The highest BCUT2D eigenvalue weighted by Crippen LogP contribution is 2.31. The summed E-state index contributed by atoms with van der Waals surface area (Å²) in [6.45, 7) is 0.452. The van der Waals surface area contributed by atoms with Crippen LogP contribution in [0.2, 0.25) is 0 Å². The van der Waals surface area contributed by atoms with Crippen LogP contribution in [-0.2, 0) is 30.3 Å². The third-order valence-corrected chi connectivity index (χ3v) is 4.23. The van der Waals surface area contributed by atoms with Crippen molar-refractivity contribution in [1.29, 1.82) is 0 Å². The number of carbonyl (C=O) groups excluding carboxylic acids is 3. The van der Waals surface area contributed by atoms with E-state index in [1.807, 2.05) is 6.07 Å². The van der Waals surface area contributed by atoms with Gasteiger partial charge in [0, 0.05) is 25.0 Å². The lowest BCUT2D eigenvalue weighted by Gasteiger charge is -2.33. The van der Waals surface area contributed by atoms with Gasteiger partial charge >= 0.3 is 18.0 Å². The van der Waals surface area contributed by atoms with Gasteiger partial charge in [-0.3, -0.25) is 0 Å². The van der Waals surface area contributed by atoms with E-state index in [1.165, 1.54) is 19.1 Å². The Kier molecular flexibility index (Phi) is 4.81. The Hall–Kier alpha value is -3.07. The molecule has 26 heavy (non-hydrogen) atoms. The molecule has 0 atom stereocenters. The molecule has 3 rings (SSSR count). The van der Waals surface area contributed by atoms with Gasteiger partial charge < -0.3 is 29.3 Å². The normalized spacial score (nSPS) is 16.8. The highest BCUT2D eigenvalue weighted by Gasteiger charge is 2.33. The maximum atomic E-state index is 12.3. The van der Waals surface area contributed by atoms with Gasteiger partial charge in [0.15, 0.2) is 0 Å². The van der Waals surface area contributed by atoms with Crippen molar-refractivity contribution >= 4 is 29.3 Å². The molecule has 1 aromatic rings. The summed E-state index contributed by atoms with van der Waals surface area (Å²) in [5, 5.41) is 2.78. The van der Waals surface area contributed by atoms with Gasteiger partial charge in [0.25, 0.3) is 0 Å². The second-order valence-corrected chi connectivity index (χ2v) is 5.84. The number of urea groups is 1. The molecule has 9 heteroatoms. The molecule has 0 saturated heterocycles. The van der Waals surface area contributed by atoms with Gasteiger partial charge in [-0.2, -0.15) is 0 Å². The molecule has 2 aliphatic rings. The molecule has 2 amide bonds. The number of amides is 2. The number of esters is 2. The van der Waals surface area contributed by atoms with Crippen LogP contribution in [0.4, 0.5) is 16.2 Å². The molecule has 0 aliphatic carbocycles. The molecule has 0 radical (unpaired) electrons. The van der Waals surface area contributed by atoms with E-state index in [-0.39, 0.29) is 30.6 Å². The predicted molar refractivity (Wildman–Crippen MR) is 91.3 cm³/mol. The number of nitrogens with zero attached hydrogens (tertiary/aromatic N) is 2. The van der Waals surface area contributed by atoms with E-state index in [0.29, 0.717) is 17.9 Å². The Morgan fingerprint density at radius 1 is 1.19 bits per heavy atom. The fourth-order valence-electron chi connectivity index (χ4n) is 2.89. The number of fused-ring (bicyclic) bond motifs is 1. The Morgan fingerprint density at radius 2 is 1.92 bits per heavy atom. The molecule has 0 aromatic heterocycles. The number of ether oxygens (including phenoxy) is 3. The second-order valence-electron chi connectivity index (χ2n) is 5.84. The molecule has 2 aliphatic heterocycles. The van der Waals surface area contributed by atoms with E-state index in [9.17, 15) is 14.4 Å². The summed E-state index contributed by atoms with van der Waals surface area (Å²) < 4.78 is 15.1. The summed E-state index contributed by atoms with van der Waals surface area (Å²) in [5.41, 5.74) is 2.38. The summed E-state index contributed by atoms with van der Waals surface area (Å²) in [5.74, 6) is -1.31. The number of hydrogen-bond acceptors (Lipinski definition) is 7. The molecule has 1 aromatic carbocycles. The average molecular weight is 361 g/mol. The zero-order valence-corrected chi connectivity index (χ0v) is 14.7. The predicted octanol–water partition coefficient (Wildman–Crippen LogP) is 1.06. The van der Waals surface area contributed by atoms with Crippen LogP contribution in [0.15, 0.2) is 29.5 Å². The van der Waals surface area contributed by atoms with E-state index in [2.05, 4.69) is 5.32 Å². The van der Waals surface area contributed by atoms with Crippen molar-refractivity contribution in [3.63, 3.8) is 0 Å². The van der Waals surface area contributed by atoms with E-state index >= 15 is 0 Å². The average Bonchev–Trinajstić information content (AvgIpc) is 2.66. The van der Waals surface area contributed by atoms with Gasteiger partial charge in [-0.05, 0) is 23.8 Å². The van der Waals surface area contributed by atoms with Crippen molar-refractivity contribution in [2.24, 2.45) is 0 Å². The molecule has 0 bridgehead atoms. The van der Waals surface area contributed by atoms with Crippen LogP contribution < -0.4 is 10.2 Å². The van der Waals surface area contributed by atoms with Crippen LogP contribution in [0, 0.1) is 0 Å². The van der Waals surface area contributed by atoms with Crippen molar-refractivity contribution in [3.05, 3.63) is 35.0 Å². The fourth-order valence-corrected chi connectivity index (χ4v) is 2.89. The smallest absolute Gasteiger partial charge is 0.355 e. The number of rotatable bonds is 3. The highest BCUT2D eigenvalue weighted by molar-refractivity contribution is 6.03. The Bertz CT molecular complexity index is 804. The van der Waals surface area contributed by atoms with Crippen LogP contribution >= 0.6 is 0 Å². The maximum Gasteiger partial charge on any atom is 0.355 e. The van der Waals surface area contributed by atoms with E-state index in [4.69, 9.17) is 14.2 Å². The first-order valence-electron chi connectivity index (χ1n) is 7.86. The highest BCUT2D eigenvalue weighted by atomic mass is 16.5. The summed E-state index contributed by atoms with van der Waals surface area (Å²) in [6, 6.07) is 5.13. The SMILES string of the molecule is COC(=O)C1=C(C(=O)OC)N(c2ccc3c(c2)CN(C)C(=O)N3)COC1. The van der Waals surface area contributed by atoms with Crippen molar-refractivity contribution in [2.45, 2.75) is 6.54 Å². The van der Waals surface area contributed by atoms with Crippen molar-refractivity contribution in [2.75, 3.05) is 44.8 Å². The lowest BCUT2D eigenvalue weighted by atomic mass is 10.1. The molecular formula is C17H19N3O6. The van der Waals surface area contributed by atoms with Crippen molar-refractivity contribution in [3.8, 4) is 0 Å². The Morgan fingerprint density at radius 3 is 2.62 bits per heavy atom. The Balaban J connectivity index is 2.04. The van der Waals surface area contributed by atoms with Crippen molar-refractivity contribution < 1.29 is 28.6 Å². The zero-order valence-electron chi connectivity index (χ0n) is 14.7. The van der Waals surface area contributed by atoms with Gasteiger partial charge in [0.1, 0.15) is 12.4 Å². The molecule has 2 heterocycles. The second kappa shape index (κ2) is 7.04. The first-order chi connectivity index (χ1) is 12.5. The summed E-state index contributed by atoms with van der Waals surface area (Å²) >= 11 is 0. The molecular weight excluding hydrogens is 342 g/mol. The van der Waals surface area contributed by atoms with Gasteiger partial charge in [0.2, 0.25) is 0 Å². The quantitative estimate of drug-likeness (QED) is 0.804. The molecule has 138 valence electrons. The first kappa shape index (κ1) is 17.7. The van der Waals surface area contributed by atoms with Gasteiger partial charge in [0.05, 0.1) is 26.4 Å². The molecule has 0 saturated carbocycles. The van der Waals surface area contributed by atoms with Crippen LogP contribution in [0.25, 0.3) is 0 Å². The largest absolute Gasteiger partial charge is 0.466 e. The molecule has 0 unspecified atom stereocenters. The monoisotopic (exact) mass is 361 g/mol. The van der Waals surface area contributed by atoms with E-state index in [1.54, 1.807) is 24.1 Å². The standard InChI is InChI=1S/C17H19N3O6/c1-19-7-10-6-11(4-5-13(10)18-17(19)23)20-9-26-8-12(15(21)24-2)14(20)16(22)25-3/h4-6H,7-9H2,1-3H3,(H,18,23). The third-order valence-electron chi connectivity index (χ3n) is 4.23. The molecule has 0 fully saturated rings. The third kappa shape index (κ3) is 3.08. The van der Waals surface area contributed by atoms with Crippen molar-refractivity contribution in [1.82, 2.24) is 4.90 Å². The number of hydrogen-bond donors (Lipinski definition) is 1. The minimum absolute atomic E-state index is 0.0443. The summed E-state index contributed by atoms with van der Waals surface area (Å²) in [6.07, 6.45) is 0. The molecule has 9 nitrogen and oxygen atoms in total. The van der Waals surface area contributed by atoms with E-state index < -0.39 is 11.9 Å². The van der Waals surface area contributed by atoms with Crippen LogP contribution in [0.3, 0.4) is 0 Å². The van der Waals surface area contributed by atoms with E-state index in [0.717, 1.165) is 5.56 Å². The number of nitrogens with one attached hydrogen (secondary N) is 1. The molecule has 0 spiro atoms. The zero-order chi connectivity index (χ0) is 18.8. The first-order valence-corrected chi connectivity index (χ1v) is 7.86. The lowest BCUT2D eigenvalue weighted by Crippen LogP contribution is -2.39. The Labute approximate surface area is 150 Å². The summed E-state index contributed by atoms with van der Waals surface area (Å²) in [4.78, 5) is 39.2. The minimum Gasteiger partial charge on any atom is -0.466 e. The van der Waals surface area contributed by atoms with Crippen LogP contribution in [0.1, 0.15) is 5.56 Å². The lowest BCUT2D eigenvalue weighted by molar-refractivity contribution is -0.140. The van der Waals surface area contributed by atoms with Gasteiger partial charge in [-0.1, -0.05) is 0 Å². The van der Waals surface area contributed by atoms with Gasteiger partial charge in [-0.15, -0.1) is 0 Å². The topological polar surface area (TPSA) is 97.4 Å². The van der Waals surface area contributed by atoms with Crippen LogP contribution in [-0.4, -0.2) is 57.5 Å². The summed E-state index contributed by atoms with van der Waals surface area (Å²) in [7, 11) is 4.17. The van der Waals surface area contributed by atoms with Gasteiger partial charge in [-0.25, -0.2) is 14.4 Å². The maximum absolute atomic E-state index is 12.3. The molecule has 1 N–H and O–H groups in total. The number of carbonyl (C=O) groups is 3. The number of methoxy groups -OCH3 is 2. The fraction of sp³-hybridized carbons (Fsp3) is 0.353. The number of anilines is 2. The minimum atomic E-state index is -0.656. The number of benzene rings is 1.